The van der Waals surface area contributed by atoms with Gasteiger partial charge in [-0.1, -0.05) is 0 Å². The molecular weight excluding hydrogens is 296 g/mol. The van der Waals surface area contributed by atoms with Gasteiger partial charge in [0.2, 0.25) is 5.76 Å². The largest absolute Gasteiger partial charge is 0.463 e. The van der Waals surface area contributed by atoms with E-state index in [9.17, 15) is 4.79 Å². The second-order valence-electron chi connectivity index (χ2n) is 5.70. The van der Waals surface area contributed by atoms with E-state index in [1.54, 1.807) is 12.3 Å². The molecule has 1 fully saturated rings. The summed E-state index contributed by atoms with van der Waals surface area (Å²) in [6, 6.07) is 3.51. The molecule has 0 aromatic carbocycles. The van der Waals surface area contributed by atoms with Crippen molar-refractivity contribution in [2.24, 2.45) is 0 Å². The SMILES string of the molecule is COC(=O)c1ccc(CN2CCCN(Cc3ncc[nH]3)CC2)o1. The molecule has 124 valence electrons. The fourth-order valence-electron chi connectivity index (χ4n) is 2.83. The molecular formula is C16H22N4O3. The maximum Gasteiger partial charge on any atom is 0.373 e. The number of aromatic amines is 1. The molecule has 0 atom stereocenters. The molecule has 3 heterocycles. The van der Waals surface area contributed by atoms with Crippen molar-refractivity contribution in [3.05, 3.63) is 41.9 Å². The third-order valence-corrected chi connectivity index (χ3v) is 4.04. The lowest BCUT2D eigenvalue weighted by Crippen LogP contribution is -2.30. The molecule has 0 spiro atoms. The molecule has 2 aromatic rings. The topological polar surface area (TPSA) is 74.6 Å². The first kappa shape index (κ1) is 15.8. The van der Waals surface area contributed by atoms with Crippen LogP contribution in [-0.4, -0.2) is 59.0 Å². The van der Waals surface area contributed by atoms with Crippen molar-refractivity contribution in [2.45, 2.75) is 19.5 Å². The van der Waals surface area contributed by atoms with Crippen molar-refractivity contribution in [3.63, 3.8) is 0 Å². The second kappa shape index (κ2) is 7.43. The summed E-state index contributed by atoms with van der Waals surface area (Å²) in [5.74, 6) is 1.63. The van der Waals surface area contributed by atoms with Gasteiger partial charge in [-0.05, 0) is 31.6 Å². The van der Waals surface area contributed by atoms with Crippen LogP contribution in [0.5, 0.6) is 0 Å². The number of rotatable bonds is 5. The van der Waals surface area contributed by atoms with Crippen molar-refractivity contribution < 1.29 is 13.9 Å². The van der Waals surface area contributed by atoms with Gasteiger partial charge in [0.05, 0.1) is 20.2 Å². The van der Waals surface area contributed by atoms with Crippen LogP contribution in [0.1, 0.15) is 28.6 Å². The number of nitrogens with one attached hydrogen (secondary N) is 1. The molecule has 0 saturated carbocycles. The number of nitrogens with zero attached hydrogens (tertiary/aromatic N) is 3. The average Bonchev–Trinajstić information content (AvgIpc) is 3.18. The Labute approximate surface area is 135 Å². The number of imidazole rings is 1. The van der Waals surface area contributed by atoms with E-state index < -0.39 is 5.97 Å². The molecule has 0 aliphatic carbocycles. The summed E-state index contributed by atoms with van der Waals surface area (Å²) in [6.45, 7) is 5.60. The van der Waals surface area contributed by atoms with Crippen LogP contribution in [0.4, 0.5) is 0 Å². The van der Waals surface area contributed by atoms with Crippen LogP contribution in [0.25, 0.3) is 0 Å². The van der Waals surface area contributed by atoms with Gasteiger partial charge >= 0.3 is 5.97 Å². The Morgan fingerprint density at radius 2 is 2.04 bits per heavy atom. The predicted molar refractivity (Wildman–Crippen MR) is 83.8 cm³/mol. The molecule has 2 aromatic heterocycles. The number of methoxy groups -OCH3 is 1. The number of carbonyl (C=O) groups is 1. The van der Waals surface area contributed by atoms with Crippen LogP contribution in [0.3, 0.4) is 0 Å². The van der Waals surface area contributed by atoms with Crippen LogP contribution >= 0.6 is 0 Å². The molecule has 1 N–H and O–H groups in total. The van der Waals surface area contributed by atoms with Crippen LogP contribution in [0.15, 0.2) is 28.9 Å². The number of aromatic nitrogens is 2. The minimum atomic E-state index is -0.434. The van der Waals surface area contributed by atoms with E-state index in [2.05, 4.69) is 24.5 Å². The highest BCUT2D eigenvalue weighted by Crippen LogP contribution is 2.14. The van der Waals surface area contributed by atoms with E-state index in [0.29, 0.717) is 6.54 Å². The minimum Gasteiger partial charge on any atom is -0.463 e. The maximum absolute atomic E-state index is 11.4. The molecule has 0 unspecified atom stereocenters. The van der Waals surface area contributed by atoms with Crippen molar-refractivity contribution in [1.82, 2.24) is 19.8 Å². The Morgan fingerprint density at radius 1 is 1.26 bits per heavy atom. The zero-order valence-corrected chi connectivity index (χ0v) is 13.3. The Kier molecular flexibility index (Phi) is 5.09. The van der Waals surface area contributed by atoms with Crippen LogP contribution in [-0.2, 0) is 17.8 Å². The first-order valence-corrected chi connectivity index (χ1v) is 7.84. The second-order valence-corrected chi connectivity index (χ2v) is 5.70. The Bertz CT molecular complexity index is 623. The summed E-state index contributed by atoms with van der Waals surface area (Å²) in [6.07, 6.45) is 4.75. The number of furan rings is 1. The van der Waals surface area contributed by atoms with Gasteiger partial charge in [-0.15, -0.1) is 0 Å². The van der Waals surface area contributed by atoms with Gasteiger partial charge < -0.3 is 14.1 Å². The minimum absolute atomic E-state index is 0.261. The molecule has 7 heteroatoms. The van der Waals surface area contributed by atoms with Gasteiger partial charge in [-0.3, -0.25) is 9.80 Å². The lowest BCUT2D eigenvalue weighted by Gasteiger charge is -2.20. The van der Waals surface area contributed by atoms with E-state index in [1.165, 1.54) is 7.11 Å². The van der Waals surface area contributed by atoms with Crippen LogP contribution in [0, 0.1) is 0 Å². The average molecular weight is 318 g/mol. The Balaban J connectivity index is 1.51. The molecule has 0 bridgehead atoms. The highest BCUT2D eigenvalue weighted by Gasteiger charge is 2.18. The quantitative estimate of drug-likeness (QED) is 0.842. The van der Waals surface area contributed by atoms with Crippen molar-refractivity contribution in [2.75, 3.05) is 33.3 Å². The summed E-state index contributed by atoms with van der Waals surface area (Å²) in [7, 11) is 1.35. The normalized spacial score (nSPS) is 17.1. The molecule has 0 radical (unpaired) electrons. The summed E-state index contributed by atoms with van der Waals surface area (Å²) < 4.78 is 10.2. The molecule has 7 nitrogen and oxygen atoms in total. The molecule has 23 heavy (non-hydrogen) atoms. The Hall–Kier alpha value is -2.12. The lowest BCUT2D eigenvalue weighted by molar-refractivity contribution is 0.0561. The van der Waals surface area contributed by atoms with Gasteiger partial charge in [-0.25, -0.2) is 9.78 Å². The molecule has 1 saturated heterocycles. The van der Waals surface area contributed by atoms with Crippen molar-refractivity contribution in [1.29, 1.82) is 0 Å². The maximum atomic E-state index is 11.4. The smallest absolute Gasteiger partial charge is 0.373 e. The highest BCUT2D eigenvalue weighted by atomic mass is 16.5. The summed E-state index contributed by atoms with van der Waals surface area (Å²) in [4.78, 5) is 23.6. The van der Waals surface area contributed by atoms with Gasteiger partial charge in [-0.2, -0.15) is 0 Å². The van der Waals surface area contributed by atoms with Gasteiger partial charge in [0, 0.05) is 25.5 Å². The summed E-state index contributed by atoms with van der Waals surface area (Å²) in [5, 5.41) is 0. The van der Waals surface area contributed by atoms with E-state index in [0.717, 1.165) is 50.7 Å². The zero-order chi connectivity index (χ0) is 16.1. The molecule has 1 aliphatic heterocycles. The summed E-state index contributed by atoms with van der Waals surface area (Å²) in [5.41, 5.74) is 0. The van der Waals surface area contributed by atoms with Crippen molar-refractivity contribution >= 4 is 5.97 Å². The monoisotopic (exact) mass is 318 g/mol. The van der Waals surface area contributed by atoms with E-state index in [1.807, 2.05) is 12.3 Å². The lowest BCUT2D eigenvalue weighted by atomic mass is 10.3. The molecule has 1 aliphatic rings. The Morgan fingerprint density at radius 3 is 2.74 bits per heavy atom. The first-order valence-electron chi connectivity index (χ1n) is 7.84. The number of ether oxygens (including phenoxy) is 1. The predicted octanol–water partition coefficient (Wildman–Crippen LogP) is 1.50. The van der Waals surface area contributed by atoms with Gasteiger partial charge in [0.25, 0.3) is 0 Å². The highest BCUT2D eigenvalue weighted by molar-refractivity contribution is 5.86. The number of hydrogen-bond donors (Lipinski definition) is 1. The number of esters is 1. The fourth-order valence-corrected chi connectivity index (χ4v) is 2.83. The standard InChI is InChI=1S/C16H22N4O3/c1-22-16(21)14-4-3-13(23-14)11-19-7-2-8-20(10-9-19)12-15-17-5-6-18-15/h3-6H,2,7-12H2,1H3,(H,17,18). The first-order chi connectivity index (χ1) is 11.2. The number of H-pyrrole nitrogens is 1. The van der Waals surface area contributed by atoms with Gasteiger partial charge in [0.15, 0.2) is 0 Å². The number of hydrogen-bond acceptors (Lipinski definition) is 6. The van der Waals surface area contributed by atoms with E-state index >= 15 is 0 Å². The third kappa shape index (κ3) is 4.20. The molecule has 3 rings (SSSR count). The summed E-state index contributed by atoms with van der Waals surface area (Å²) >= 11 is 0. The molecule has 0 amide bonds. The fraction of sp³-hybridized carbons (Fsp3) is 0.500. The van der Waals surface area contributed by atoms with E-state index in [-0.39, 0.29) is 5.76 Å². The number of carbonyl (C=O) groups excluding carboxylic acids is 1. The van der Waals surface area contributed by atoms with Gasteiger partial charge in [0.1, 0.15) is 11.6 Å². The van der Waals surface area contributed by atoms with E-state index in [4.69, 9.17) is 4.42 Å². The van der Waals surface area contributed by atoms with Crippen LogP contribution < -0.4 is 0 Å². The zero-order valence-electron chi connectivity index (χ0n) is 13.3. The third-order valence-electron chi connectivity index (χ3n) is 4.04. The van der Waals surface area contributed by atoms with Crippen LogP contribution in [0.2, 0.25) is 0 Å². The van der Waals surface area contributed by atoms with Crippen molar-refractivity contribution in [3.8, 4) is 0 Å².